The molecule has 2 atom stereocenters. The van der Waals surface area contributed by atoms with Gasteiger partial charge in [0.05, 0.1) is 0 Å². The van der Waals surface area contributed by atoms with Gasteiger partial charge in [-0.2, -0.15) is 0 Å². The van der Waals surface area contributed by atoms with Crippen molar-refractivity contribution in [3.8, 4) is 0 Å². The molecule has 3 rings (SSSR count). The molecule has 6 heteroatoms. The van der Waals surface area contributed by atoms with E-state index in [9.17, 15) is 9.59 Å². The molecule has 3 N–H and O–H groups in total. The minimum Gasteiger partial charge on any atom is -0.352 e. The molecule has 31 heavy (non-hydrogen) atoms. The molecule has 1 unspecified atom stereocenters. The molecule has 2 amide bonds. The van der Waals surface area contributed by atoms with Crippen LogP contribution in [-0.2, 0) is 9.59 Å². The van der Waals surface area contributed by atoms with Crippen molar-refractivity contribution in [1.29, 1.82) is 0 Å². The van der Waals surface area contributed by atoms with Crippen LogP contribution in [0, 0.1) is 11.8 Å². The van der Waals surface area contributed by atoms with Crippen molar-refractivity contribution >= 4 is 11.8 Å². The molecule has 0 aromatic carbocycles. The molecule has 0 aromatic heterocycles. The Bertz CT molecular complexity index is 582. The zero-order chi connectivity index (χ0) is 22.4. The van der Waals surface area contributed by atoms with Gasteiger partial charge in [0.1, 0.15) is 6.04 Å². The highest BCUT2D eigenvalue weighted by atomic mass is 16.2. The third-order valence-corrected chi connectivity index (χ3v) is 7.73. The number of nitrogens with zero attached hydrogens (tertiary/aromatic N) is 2. The minimum absolute atomic E-state index is 0.0203. The van der Waals surface area contributed by atoms with Gasteiger partial charge in [-0.3, -0.25) is 14.5 Å². The van der Waals surface area contributed by atoms with Crippen molar-refractivity contribution in [1.82, 2.24) is 15.1 Å². The number of rotatable bonds is 7. The summed E-state index contributed by atoms with van der Waals surface area (Å²) in [6.07, 6.45) is 12.4. The van der Waals surface area contributed by atoms with Crippen LogP contribution in [0.15, 0.2) is 0 Å². The second kappa shape index (κ2) is 11.6. The Morgan fingerprint density at radius 2 is 1.71 bits per heavy atom. The topological polar surface area (TPSA) is 78.7 Å². The van der Waals surface area contributed by atoms with Gasteiger partial charge in [0.2, 0.25) is 11.8 Å². The Hall–Kier alpha value is -1.14. The summed E-state index contributed by atoms with van der Waals surface area (Å²) >= 11 is 0. The van der Waals surface area contributed by atoms with Crippen LogP contribution in [-0.4, -0.2) is 65.4 Å². The molecule has 0 bridgehead atoms. The van der Waals surface area contributed by atoms with Crippen molar-refractivity contribution in [3.05, 3.63) is 0 Å². The van der Waals surface area contributed by atoms with Gasteiger partial charge in [-0.05, 0) is 63.2 Å². The summed E-state index contributed by atoms with van der Waals surface area (Å²) in [6.45, 7) is 9.10. The zero-order valence-electron chi connectivity index (χ0n) is 20.2. The molecular formula is C25H46N4O2. The molecule has 1 saturated heterocycles. The van der Waals surface area contributed by atoms with Gasteiger partial charge < -0.3 is 16.0 Å². The zero-order valence-corrected chi connectivity index (χ0v) is 20.2. The first-order valence-electron chi connectivity index (χ1n) is 12.9. The molecule has 1 aliphatic heterocycles. The average Bonchev–Trinajstić information content (AvgIpc) is 2.75. The molecule has 0 aromatic rings. The second-order valence-corrected chi connectivity index (χ2v) is 10.9. The lowest BCUT2D eigenvalue weighted by atomic mass is 9.87. The van der Waals surface area contributed by atoms with Crippen LogP contribution in [0.3, 0.4) is 0 Å². The van der Waals surface area contributed by atoms with Crippen LogP contribution in [0.25, 0.3) is 0 Å². The molecule has 3 aliphatic rings. The number of nitrogens with one attached hydrogen (secondary N) is 1. The SMILES string of the molecule is CC(=O)N1CCC(N(CC(C)C)CC2CCCCC2)C[C@@H]1C(=O)NC1CCC(N)CC1. The Kier molecular flexibility index (Phi) is 9.20. The summed E-state index contributed by atoms with van der Waals surface area (Å²) < 4.78 is 0. The lowest BCUT2D eigenvalue weighted by Gasteiger charge is -2.44. The summed E-state index contributed by atoms with van der Waals surface area (Å²) in [5.74, 6) is 1.46. The van der Waals surface area contributed by atoms with E-state index in [1.807, 2.05) is 4.90 Å². The fourth-order valence-corrected chi connectivity index (χ4v) is 6.01. The van der Waals surface area contributed by atoms with Gasteiger partial charge in [-0.1, -0.05) is 33.1 Å². The highest BCUT2D eigenvalue weighted by molar-refractivity contribution is 5.87. The van der Waals surface area contributed by atoms with Crippen molar-refractivity contribution in [2.75, 3.05) is 19.6 Å². The molecule has 2 saturated carbocycles. The Labute approximate surface area is 189 Å². The maximum atomic E-state index is 13.3. The van der Waals surface area contributed by atoms with Crippen LogP contribution >= 0.6 is 0 Å². The van der Waals surface area contributed by atoms with Gasteiger partial charge in [-0.15, -0.1) is 0 Å². The fourth-order valence-electron chi connectivity index (χ4n) is 6.01. The lowest BCUT2D eigenvalue weighted by Crippen LogP contribution is -2.59. The molecule has 0 radical (unpaired) electrons. The summed E-state index contributed by atoms with van der Waals surface area (Å²) in [5, 5.41) is 3.27. The van der Waals surface area contributed by atoms with Gasteiger partial charge in [0, 0.05) is 44.7 Å². The quantitative estimate of drug-likeness (QED) is 0.644. The number of nitrogens with two attached hydrogens (primary N) is 1. The monoisotopic (exact) mass is 434 g/mol. The van der Waals surface area contributed by atoms with Crippen LogP contribution in [0.5, 0.6) is 0 Å². The van der Waals surface area contributed by atoms with Crippen LogP contribution in [0.1, 0.15) is 91.4 Å². The van der Waals surface area contributed by atoms with Gasteiger partial charge in [-0.25, -0.2) is 0 Å². The maximum absolute atomic E-state index is 13.3. The molecule has 0 spiro atoms. The standard InChI is InChI=1S/C25H46N4O2/c1-18(2)16-28(17-20-7-5-4-6-8-20)23-13-14-29(19(3)30)24(15-23)25(31)27-22-11-9-21(26)10-12-22/h18,20-24H,4-17,26H2,1-3H3,(H,27,31)/t21?,22?,23?,24-/m1/s1. The summed E-state index contributed by atoms with van der Waals surface area (Å²) in [4.78, 5) is 30.1. The Balaban J connectivity index is 1.66. The maximum Gasteiger partial charge on any atom is 0.243 e. The molecule has 3 fully saturated rings. The van der Waals surface area contributed by atoms with Crippen LogP contribution in [0.2, 0.25) is 0 Å². The molecule has 2 aliphatic carbocycles. The normalized spacial score (nSPS) is 30.6. The number of piperidine rings is 1. The van der Waals surface area contributed by atoms with E-state index in [0.29, 0.717) is 18.5 Å². The summed E-state index contributed by atoms with van der Waals surface area (Å²) in [6, 6.07) is 0.518. The van der Waals surface area contributed by atoms with Crippen molar-refractivity contribution in [3.63, 3.8) is 0 Å². The largest absolute Gasteiger partial charge is 0.352 e. The predicted octanol–water partition coefficient (Wildman–Crippen LogP) is 3.29. The number of carbonyl (C=O) groups excluding carboxylic acids is 2. The number of hydrogen-bond acceptors (Lipinski definition) is 4. The fraction of sp³-hybridized carbons (Fsp3) is 0.920. The van der Waals surface area contributed by atoms with E-state index in [2.05, 4.69) is 24.1 Å². The number of likely N-dealkylation sites (tertiary alicyclic amines) is 1. The van der Waals surface area contributed by atoms with Crippen molar-refractivity contribution in [2.24, 2.45) is 17.6 Å². The second-order valence-electron chi connectivity index (χ2n) is 10.9. The lowest BCUT2D eigenvalue weighted by molar-refractivity contribution is -0.142. The van der Waals surface area contributed by atoms with E-state index in [1.165, 1.54) is 32.1 Å². The molecule has 1 heterocycles. The number of amides is 2. The molecule has 178 valence electrons. The molecular weight excluding hydrogens is 388 g/mol. The first-order valence-corrected chi connectivity index (χ1v) is 12.9. The van der Waals surface area contributed by atoms with Crippen LogP contribution < -0.4 is 11.1 Å². The van der Waals surface area contributed by atoms with Gasteiger partial charge in [0.15, 0.2) is 0 Å². The van der Waals surface area contributed by atoms with E-state index < -0.39 is 0 Å². The van der Waals surface area contributed by atoms with E-state index in [1.54, 1.807) is 6.92 Å². The van der Waals surface area contributed by atoms with Gasteiger partial charge >= 0.3 is 0 Å². The Morgan fingerprint density at radius 1 is 1.03 bits per heavy atom. The minimum atomic E-state index is -0.340. The third-order valence-electron chi connectivity index (χ3n) is 7.73. The van der Waals surface area contributed by atoms with E-state index in [-0.39, 0.29) is 29.9 Å². The third kappa shape index (κ3) is 7.18. The van der Waals surface area contributed by atoms with Crippen LogP contribution in [0.4, 0.5) is 0 Å². The number of carbonyl (C=O) groups is 2. The first-order chi connectivity index (χ1) is 14.8. The number of hydrogen-bond donors (Lipinski definition) is 2. The Morgan fingerprint density at radius 3 is 2.32 bits per heavy atom. The molecule has 6 nitrogen and oxygen atoms in total. The first kappa shape index (κ1) is 24.5. The average molecular weight is 435 g/mol. The predicted molar refractivity (Wildman–Crippen MR) is 126 cm³/mol. The van der Waals surface area contributed by atoms with Gasteiger partial charge in [0.25, 0.3) is 0 Å². The summed E-state index contributed by atoms with van der Waals surface area (Å²) in [5.41, 5.74) is 6.03. The van der Waals surface area contributed by atoms with Crippen molar-refractivity contribution < 1.29 is 9.59 Å². The van der Waals surface area contributed by atoms with E-state index >= 15 is 0 Å². The van der Waals surface area contributed by atoms with E-state index in [4.69, 9.17) is 5.73 Å². The highest BCUT2D eigenvalue weighted by Crippen LogP contribution is 2.29. The van der Waals surface area contributed by atoms with Crippen molar-refractivity contribution in [2.45, 2.75) is 116 Å². The highest BCUT2D eigenvalue weighted by Gasteiger charge is 2.38. The summed E-state index contributed by atoms with van der Waals surface area (Å²) in [7, 11) is 0. The smallest absolute Gasteiger partial charge is 0.243 e. The van der Waals surface area contributed by atoms with E-state index in [0.717, 1.165) is 57.5 Å².